The van der Waals surface area contributed by atoms with Crippen LogP contribution in [0.5, 0.6) is 5.75 Å². The molecule has 0 fully saturated rings. The molecule has 0 spiro atoms. The largest absolute Gasteiger partial charge is 0.508 e. The SMILES string of the molecule is O=c1cc(CSc2n[nH]c(-c3ccccc3)n2)c2ccc(O)cc2o1. The Morgan fingerprint density at radius 2 is 1.96 bits per heavy atom. The van der Waals surface area contributed by atoms with E-state index in [4.69, 9.17) is 4.42 Å². The molecule has 7 heteroatoms. The van der Waals surface area contributed by atoms with Gasteiger partial charge in [-0.3, -0.25) is 5.10 Å². The minimum atomic E-state index is -0.450. The number of nitrogens with zero attached hydrogens (tertiary/aromatic N) is 2. The summed E-state index contributed by atoms with van der Waals surface area (Å²) in [5.41, 5.74) is 1.68. The van der Waals surface area contributed by atoms with E-state index in [9.17, 15) is 9.90 Å². The Labute approximate surface area is 146 Å². The third-order valence-electron chi connectivity index (χ3n) is 3.68. The van der Waals surface area contributed by atoms with Crippen molar-refractivity contribution in [2.45, 2.75) is 10.9 Å². The number of nitrogens with one attached hydrogen (secondary N) is 1. The predicted octanol–water partition coefficient (Wildman–Crippen LogP) is 3.58. The molecule has 0 aliphatic rings. The van der Waals surface area contributed by atoms with Crippen LogP contribution in [0.4, 0.5) is 0 Å². The summed E-state index contributed by atoms with van der Waals surface area (Å²) >= 11 is 1.42. The Morgan fingerprint density at radius 3 is 2.80 bits per heavy atom. The molecule has 0 radical (unpaired) electrons. The summed E-state index contributed by atoms with van der Waals surface area (Å²) in [6, 6.07) is 15.9. The molecular weight excluding hydrogens is 338 g/mol. The van der Waals surface area contributed by atoms with Crippen molar-refractivity contribution < 1.29 is 9.52 Å². The molecular formula is C18H13N3O3S. The number of aromatic hydroxyl groups is 1. The molecule has 0 saturated heterocycles. The molecule has 25 heavy (non-hydrogen) atoms. The van der Waals surface area contributed by atoms with E-state index in [0.29, 0.717) is 22.3 Å². The fourth-order valence-corrected chi connectivity index (χ4v) is 3.31. The Balaban J connectivity index is 1.59. The molecule has 4 rings (SSSR count). The molecule has 0 bridgehead atoms. The van der Waals surface area contributed by atoms with Gasteiger partial charge < -0.3 is 9.52 Å². The van der Waals surface area contributed by atoms with Crippen LogP contribution in [0, 0.1) is 0 Å². The zero-order valence-corrected chi connectivity index (χ0v) is 13.8. The van der Waals surface area contributed by atoms with Gasteiger partial charge in [-0.25, -0.2) is 9.78 Å². The summed E-state index contributed by atoms with van der Waals surface area (Å²) in [6.45, 7) is 0. The van der Waals surface area contributed by atoms with Crippen molar-refractivity contribution in [1.82, 2.24) is 15.2 Å². The van der Waals surface area contributed by atoms with Crippen molar-refractivity contribution in [2.24, 2.45) is 0 Å². The van der Waals surface area contributed by atoms with Crippen LogP contribution in [0.25, 0.3) is 22.4 Å². The topological polar surface area (TPSA) is 92.0 Å². The number of benzene rings is 2. The maximum atomic E-state index is 11.7. The normalized spacial score (nSPS) is 11.0. The Bertz CT molecular complexity index is 1090. The number of aromatic amines is 1. The average molecular weight is 351 g/mol. The van der Waals surface area contributed by atoms with Crippen LogP contribution in [0.1, 0.15) is 5.56 Å². The number of phenolic OH excluding ortho intramolecular Hbond substituents is 1. The van der Waals surface area contributed by atoms with Crippen molar-refractivity contribution in [3.63, 3.8) is 0 Å². The van der Waals surface area contributed by atoms with Gasteiger partial charge in [0.2, 0.25) is 5.16 Å². The van der Waals surface area contributed by atoms with Crippen LogP contribution in [0.15, 0.2) is 69.0 Å². The Kier molecular flexibility index (Phi) is 3.99. The van der Waals surface area contributed by atoms with E-state index in [1.165, 1.54) is 23.9 Å². The number of aromatic nitrogens is 3. The highest BCUT2D eigenvalue weighted by Crippen LogP contribution is 2.27. The highest BCUT2D eigenvalue weighted by atomic mass is 32.2. The summed E-state index contributed by atoms with van der Waals surface area (Å²) in [5, 5.41) is 18.0. The van der Waals surface area contributed by atoms with Gasteiger partial charge in [-0.1, -0.05) is 42.1 Å². The second-order valence-corrected chi connectivity index (χ2v) is 6.33. The first-order chi connectivity index (χ1) is 12.2. The minimum absolute atomic E-state index is 0.0573. The number of fused-ring (bicyclic) bond motifs is 1. The second kappa shape index (κ2) is 6.45. The van der Waals surface area contributed by atoms with Gasteiger partial charge in [0.1, 0.15) is 11.3 Å². The molecule has 0 amide bonds. The molecule has 2 aromatic heterocycles. The number of phenols is 1. The van der Waals surface area contributed by atoms with Crippen molar-refractivity contribution in [1.29, 1.82) is 0 Å². The van der Waals surface area contributed by atoms with Crippen LogP contribution in [0.2, 0.25) is 0 Å². The van der Waals surface area contributed by atoms with Gasteiger partial charge in [0.25, 0.3) is 0 Å². The second-order valence-electron chi connectivity index (χ2n) is 5.39. The molecule has 0 aliphatic heterocycles. The van der Waals surface area contributed by atoms with Gasteiger partial charge in [0.15, 0.2) is 5.82 Å². The van der Waals surface area contributed by atoms with E-state index >= 15 is 0 Å². The zero-order valence-electron chi connectivity index (χ0n) is 13.0. The van der Waals surface area contributed by atoms with Crippen molar-refractivity contribution in [2.75, 3.05) is 0 Å². The monoisotopic (exact) mass is 351 g/mol. The van der Waals surface area contributed by atoms with Gasteiger partial charge in [0.05, 0.1) is 0 Å². The summed E-state index contributed by atoms with van der Waals surface area (Å²) < 4.78 is 5.13. The lowest BCUT2D eigenvalue weighted by molar-refractivity contribution is 0.473. The highest BCUT2D eigenvalue weighted by molar-refractivity contribution is 7.98. The number of hydrogen-bond donors (Lipinski definition) is 2. The lowest BCUT2D eigenvalue weighted by Gasteiger charge is -2.04. The molecule has 0 saturated carbocycles. The molecule has 4 aromatic rings. The maximum absolute atomic E-state index is 11.7. The maximum Gasteiger partial charge on any atom is 0.336 e. The highest BCUT2D eigenvalue weighted by Gasteiger charge is 2.10. The molecule has 0 unspecified atom stereocenters. The molecule has 2 aromatic carbocycles. The molecule has 2 heterocycles. The van der Waals surface area contributed by atoms with Crippen LogP contribution in [-0.4, -0.2) is 20.3 Å². The van der Waals surface area contributed by atoms with E-state index in [0.717, 1.165) is 16.5 Å². The molecule has 2 N–H and O–H groups in total. The van der Waals surface area contributed by atoms with Gasteiger partial charge in [-0.05, 0) is 17.7 Å². The van der Waals surface area contributed by atoms with E-state index < -0.39 is 5.63 Å². The first kappa shape index (κ1) is 15.5. The van der Waals surface area contributed by atoms with Crippen LogP contribution in [0.3, 0.4) is 0 Å². The van der Waals surface area contributed by atoms with E-state index in [1.807, 2.05) is 30.3 Å². The first-order valence-electron chi connectivity index (χ1n) is 7.55. The van der Waals surface area contributed by atoms with Gasteiger partial charge in [0, 0.05) is 28.8 Å². The van der Waals surface area contributed by atoms with Gasteiger partial charge in [-0.2, -0.15) is 0 Å². The molecule has 0 aliphatic carbocycles. The van der Waals surface area contributed by atoms with Crippen LogP contribution in [-0.2, 0) is 5.75 Å². The fourth-order valence-electron chi connectivity index (χ4n) is 2.52. The Morgan fingerprint density at radius 1 is 1.12 bits per heavy atom. The molecule has 124 valence electrons. The van der Waals surface area contributed by atoms with Crippen LogP contribution >= 0.6 is 11.8 Å². The smallest absolute Gasteiger partial charge is 0.336 e. The van der Waals surface area contributed by atoms with Gasteiger partial charge >= 0.3 is 5.63 Å². The zero-order chi connectivity index (χ0) is 17.2. The predicted molar refractivity (Wildman–Crippen MR) is 95.5 cm³/mol. The molecule has 6 nitrogen and oxygen atoms in total. The van der Waals surface area contributed by atoms with E-state index in [-0.39, 0.29) is 5.75 Å². The lowest BCUT2D eigenvalue weighted by Crippen LogP contribution is -1.99. The van der Waals surface area contributed by atoms with E-state index in [1.54, 1.807) is 12.1 Å². The van der Waals surface area contributed by atoms with Crippen LogP contribution < -0.4 is 5.63 Å². The first-order valence-corrected chi connectivity index (χ1v) is 8.54. The minimum Gasteiger partial charge on any atom is -0.508 e. The number of thioether (sulfide) groups is 1. The Hall–Kier alpha value is -3.06. The third kappa shape index (κ3) is 3.27. The summed E-state index contributed by atoms with van der Waals surface area (Å²) in [7, 11) is 0. The summed E-state index contributed by atoms with van der Waals surface area (Å²) in [5.74, 6) is 1.27. The quantitative estimate of drug-likeness (QED) is 0.431. The average Bonchev–Trinajstić information content (AvgIpc) is 3.09. The molecule has 0 atom stereocenters. The van der Waals surface area contributed by atoms with Crippen molar-refractivity contribution >= 4 is 22.7 Å². The third-order valence-corrected chi connectivity index (χ3v) is 4.58. The number of rotatable bonds is 4. The standard InChI is InChI=1S/C18H13N3O3S/c22-13-6-7-14-12(8-16(23)24-15(14)9-13)10-25-18-19-17(20-21-18)11-4-2-1-3-5-11/h1-9,22H,10H2,(H,19,20,21). The van der Waals surface area contributed by atoms with E-state index in [2.05, 4.69) is 15.2 Å². The van der Waals surface area contributed by atoms with Gasteiger partial charge in [-0.15, -0.1) is 5.10 Å². The lowest BCUT2D eigenvalue weighted by atomic mass is 10.1. The van der Waals surface area contributed by atoms with Crippen molar-refractivity contribution in [3.8, 4) is 17.1 Å². The van der Waals surface area contributed by atoms with Crippen molar-refractivity contribution in [3.05, 3.63) is 70.6 Å². The number of hydrogen-bond acceptors (Lipinski definition) is 6. The summed E-state index contributed by atoms with van der Waals surface area (Å²) in [6.07, 6.45) is 0. The summed E-state index contributed by atoms with van der Waals surface area (Å²) in [4.78, 5) is 16.2. The fraction of sp³-hybridized carbons (Fsp3) is 0.0556. The number of H-pyrrole nitrogens is 1.